The SMILES string of the molecule is Cn1c(N(C(=O)OC(C)(C)C)c2ccc(C(C)(C)C)cc2)nc2cc([N+](=O)[O-])ccc21. The number of hydrogen-bond acceptors (Lipinski definition) is 5. The quantitative estimate of drug-likeness (QED) is 0.388. The van der Waals surface area contributed by atoms with Crippen LogP contribution in [0.2, 0.25) is 0 Å². The maximum Gasteiger partial charge on any atom is 0.421 e. The number of anilines is 2. The number of non-ortho nitro benzene ring substituents is 1. The van der Waals surface area contributed by atoms with Crippen molar-refractivity contribution in [1.29, 1.82) is 0 Å². The lowest BCUT2D eigenvalue weighted by molar-refractivity contribution is -0.384. The van der Waals surface area contributed by atoms with Crippen LogP contribution in [0.1, 0.15) is 47.1 Å². The van der Waals surface area contributed by atoms with Crippen LogP contribution in [0.15, 0.2) is 42.5 Å². The highest BCUT2D eigenvalue weighted by molar-refractivity contribution is 5.96. The minimum Gasteiger partial charge on any atom is -0.443 e. The van der Waals surface area contributed by atoms with Crippen LogP contribution in [0.3, 0.4) is 0 Å². The molecule has 8 heteroatoms. The standard InChI is InChI=1S/C23H28N4O4/c1-22(2,3)15-8-10-16(11-9-15)26(21(28)31-23(4,5)6)20-24-18-14-17(27(29)30)12-13-19(18)25(20)7/h8-14H,1-7H3. The van der Waals surface area contributed by atoms with Gasteiger partial charge in [-0.2, -0.15) is 0 Å². The molecule has 0 aliphatic heterocycles. The third kappa shape index (κ3) is 4.68. The Balaban J connectivity index is 2.15. The summed E-state index contributed by atoms with van der Waals surface area (Å²) in [5, 5.41) is 11.2. The number of nitro groups is 1. The Morgan fingerprint density at radius 2 is 1.68 bits per heavy atom. The van der Waals surface area contributed by atoms with Gasteiger partial charge in [0, 0.05) is 19.2 Å². The fourth-order valence-electron chi connectivity index (χ4n) is 3.21. The molecule has 8 nitrogen and oxygen atoms in total. The number of nitro benzene ring substituents is 1. The monoisotopic (exact) mass is 424 g/mol. The van der Waals surface area contributed by atoms with Gasteiger partial charge in [-0.1, -0.05) is 32.9 Å². The number of ether oxygens (including phenoxy) is 1. The number of aryl methyl sites for hydroxylation is 1. The van der Waals surface area contributed by atoms with Crippen molar-refractivity contribution in [3.05, 3.63) is 58.1 Å². The molecule has 0 radical (unpaired) electrons. The van der Waals surface area contributed by atoms with Crippen molar-refractivity contribution in [1.82, 2.24) is 9.55 Å². The molecule has 0 N–H and O–H groups in total. The maximum absolute atomic E-state index is 13.2. The first-order valence-corrected chi connectivity index (χ1v) is 10.0. The van der Waals surface area contributed by atoms with Crippen molar-refractivity contribution < 1.29 is 14.5 Å². The molecule has 0 bridgehead atoms. The van der Waals surface area contributed by atoms with Gasteiger partial charge in [0.25, 0.3) is 5.69 Å². The van der Waals surface area contributed by atoms with Crippen molar-refractivity contribution in [3.8, 4) is 0 Å². The van der Waals surface area contributed by atoms with Gasteiger partial charge in [0.1, 0.15) is 5.60 Å². The molecule has 0 aliphatic carbocycles. The molecule has 2 aromatic carbocycles. The van der Waals surface area contributed by atoms with Gasteiger partial charge in [0.15, 0.2) is 0 Å². The smallest absolute Gasteiger partial charge is 0.421 e. The molecule has 0 fully saturated rings. The van der Waals surface area contributed by atoms with Gasteiger partial charge in [0.2, 0.25) is 5.95 Å². The fourth-order valence-corrected chi connectivity index (χ4v) is 3.21. The number of imidazole rings is 1. The zero-order valence-corrected chi connectivity index (χ0v) is 19.0. The van der Waals surface area contributed by atoms with Crippen molar-refractivity contribution >= 4 is 34.4 Å². The summed E-state index contributed by atoms with van der Waals surface area (Å²) in [6.07, 6.45) is -0.580. The maximum atomic E-state index is 13.2. The minimum atomic E-state index is -0.704. The molecule has 1 amide bonds. The second-order valence-electron chi connectivity index (χ2n) is 9.51. The Kier molecular flexibility index (Phi) is 5.52. The highest BCUT2D eigenvalue weighted by Crippen LogP contribution is 2.32. The van der Waals surface area contributed by atoms with E-state index in [1.807, 2.05) is 24.3 Å². The zero-order chi connectivity index (χ0) is 23.1. The molecular weight excluding hydrogens is 396 g/mol. The van der Waals surface area contributed by atoms with Gasteiger partial charge >= 0.3 is 6.09 Å². The first-order valence-electron chi connectivity index (χ1n) is 10.0. The molecule has 1 heterocycles. The summed E-state index contributed by atoms with van der Waals surface area (Å²) in [4.78, 5) is 29.8. The number of fused-ring (bicyclic) bond motifs is 1. The lowest BCUT2D eigenvalue weighted by atomic mass is 9.87. The van der Waals surface area contributed by atoms with Crippen molar-refractivity contribution in [2.24, 2.45) is 7.05 Å². The molecule has 0 aliphatic rings. The topological polar surface area (TPSA) is 90.5 Å². The summed E-state index contributed by atoms with van der Waals surface area (Å²) >= 11 is 0. The molecule has 1 aromatic heterocycles. The van der Waals surface area contributed by atoms with Gasteiger partial charge in [0.05, 0.1) is 21.6 Å². The first kappa shape index (κ1) is 22.3. The number of carbonyl (C=O) groups excluding carboxylic acids is 1. The van der Waals surface area contributed by atoms with Gasteiger partial charge in [-0.15, -0.1) is 0 Å². The van der Waals surface area contributed by atoms with Gasteiger partial charge < -0.3 is 9.30 Å². The van der Waals surface area contributed by atoms with Crippen molar-refractivity contribution in [3.63, 3.8) is 0 Å². The highest BCUT2D eigenvalue weighted by Gasteiger charge is 2.29. The second kappa shape index (κ2) is 7.68. The molecule has 3 aromatic rings. The molecule has 3 rings (SSSR count). The Bertz CT molecular complexity index is 1140. The van der Waals surface area contributed by atoms with E-state index in [1.54, 1.807) is 38.5 Å². The minimum absolute atomic E-state index is 0.0356. The number of nitrogens with zero attached hydrogens (tertiary/aromatic N) is 4. The van der Waals surface area contributed by atoms with Crippen LogP contribution in [0, 0.1) is 10.1 Å². The summed E-state index contributed by atoms with van der Waals surface area (Å²) in [6, 6.07) is 12.1. The predicted molar refractivity (Wildman–Crippen MR) is 121 cm³/mol. The summed E-state index contributed by atoms with van der Waals surface area (Å²) in [6.45, 7) is 11.7. The van der Waals surface area contributed by atoms with E-state index in [0.717, 1.165) is 5.56 Å². The van der Waals surface area contributed by atoms with E-state index >= 15 is 0 Å². The van der Waals surface area contributed by atoms with E-state index in [0.29, 0.717) is 22.7 Å². The molecular formula is C23H28N4O4. The van der Waals surface area contributed by atoms with E-state index in [1.165, 1.54) is 17.0 Å². The number of carbonyl (C=O) groups is 1. The number of aromatic nitrogens is 2. The lowest BCUT2D eigenvalue weighted by Crippen LogP contribution is -2.35. The Hall–Kier alpha value is -3.42. The Labute approximate surface area is 181 Å². The van der Waals surface area contributed by atoms with E-state index in [-0.39, 0.29) is 11.1 Å². The number of amides is 1. The molecule has 0 spiro atoms. The summed E-state index contributed by atoms with van der Waals surface area (Å²) < 4.78 is 7.37. The average molecular weight is 425 g/mol. The predicted octanol–water partition coefficient (Wildman–Crippen LogP) is 5.85. The van der Waals surface area contributed by atoms with Crippen LogP contribution in [-0.2, 0) is 17.2 Å². The second-order valence-corrected chi connectivity index (χ2v) is 9.51. The van der Waals surface area contributed by atoms with Crippen LogP contribution in [-0.4, -0.2) is 26.2 Å². The summed E-state index contributed by atoms with van der Waals surface area (Å²) in [7, 11) is 1.76. The van der Waals surface area contributed by atoms with Crippen LogP contribution < -0.4 is 4.90 Å². The summed E-state index contributed by atoms with van der Waals surface area (Å²) in [5.74, 6) is 0.313. The summed E-state index contributed by atoms with van der Waals surface area (Å²) in [5.41, 5.74) is 2.01. The third-order valence-corrected chi connectivity index (χ3v) is 4.82. The van der Waals surface area contributed by atoms with E-state index in [9.17, 15) is 14.9 Å². The van der Waals surface area contributed by atoms with E-state index < -0.39 is 16.6 Å². The molecule has 31 heavy (non-hydrogen) atoms. The average Bonchev–Trinajstić information content (AvgIpc) is 2.96. The Morgan fingerprint density at radius 3 is 2.19 bits per heavy atom. The number of rotatable bonds is 3. The molecule has 164 valence electrons. The first-order chi connectivity index (χ1) is 14.3. The molecule has 0 saturated carbocycles. The van der Waals surface area contributed by atoms with Crippen LogP contribution in [0.5, 0.6) is 0 Å². The zero-order valence-electron chi connectivity index (χ0n) is 19.0. The number of benzene rings is 2. The van der Waals surface area contributed by atoms with Crippen molar-refractivity contribution in [2.75, 3.05) is 4.90 Å². The van der Waals surface area contributed by atoms with Gasteiger partial charge in [-0.05, 0) is 49.9 Å². The van der Waals surface area contributed by atoms with Gasteiger partial charge in [-0.25, -0.2) is 14.7 Å². The number of hydrogen-bond donors (Lipinski definition) is 0. The molecule has 0 unspecified atom stereocenters. The lowest BCUT2D eigenvalue weighted by Gasteiger charge is -2.27. The third-order valence-electron chi connectivity index (χ3n) is 4.82. The molecule has 0 atom stereocenters. The highest BCUT2D eigenvalue weighted by atomic mass is 16.6. The largest absolute Gasteiger partial charge is 0.443 e. The Morgan fingerprint density at radius 1 is 1.06 bits per heavy atom. The fraction of sp³-hybridized carbons (Fsp3) is 0.391. The molecule has 0 saturated heterocycles. The van der Waals surface area contributed by atoms with Crippen LogP contribution >= 0.6 is 0 Å². The van der Waals surface area contributed by atoms with Crippen molar-refractivity contribution in [2.45, 2.75) is 52.6 Å². The van der Waals surface area contributed by atoms with E-state index in [4.69, 9.17) is 4.74 Å². The van der Waals surface area contributed by atoms with Crippen LogP contribution in [0.4, 0.5) is 22.1 Å². The normalized spacial score (nSPS) is 12.1. The van der Waals surface area contributed by atoms with Gasteiger partial charge in [-0.3, -0.25) is 10.1 Å². The van der Waals surface area contributed by atoms with Crippen LogP contribution in [0.25, 0.3) is 11.0 Å². The van der Waals surface area contributed by atoms with E-state index in [2.05, 4.69) is 25.8 Å².